The van der Waals surface area contributed by atoms with Crippen molar-refractivity contribution in [2.75, 3.05) is 5.32 Å². The van der Waals surface area contributed by atoms with Crippen molar-refractivity contribution in [3.05, 3.63) is 50.9 Å². The normalized spacial score (nSPS) is 10.3. The summed E-state index contributed by atoms with van der Waals surface area (Å²) in [4.78, 5) is 14.5. The molecule has 0 saturated heterocycles. The van der Waals surface area contributed by atoms with E-state index in [0.29, 0.717) is 10.2 Å². The van der Waals surface area contributed by atoms with Gasteiger partial charge >= 0.3 is 0 Å². The van der Waals surface area contributed by atoms with Crippen molar-refractivity contribution in [3.63, 3.8) is 0 Å². The molecule has 6 heteroatoms. The van der Waals surface area contributed by atoms with E-state index in [0.717, 1.165) is 4.47 Å². The molecule has 0 radical (unpaired) electrons. The number of nitrogens with one attached hydrogen (secondary N) is 2. The summed E-state index contributed by atoms with van der Waals surface area (Å²) in [6.07, 6.45) is 1.63. The van der Waals surface area contributed by atoms with Crippen molar-refractivity contribution in [2.24, 2.45) is 0 Å². The highest BCUT2D eigenvalue weighted by atomic mass is 79.9. The second-order valence-electron chi connectivity index (χ2n) is 3.31. The third kappa shape index (κ3) is 2.95. The fourth-order valence-electron chi connectivity index (χ4n) is 1.28. The number of hydrogen-bond acceptors (Lipinski definition) is 1. The molecule has 0 spiro atoms. The molecule has 0 atom stereocenters. The van der Waals surface area contributed by atoms with Gasteiger partial charge in [-0.2, -0.15) is 0 Å². The quantitative estimate of drug-likeness (QED) is 0.836. The van der Waals surface area contributed by atoms with Crippen molar-refractivity contribution >= 4 is 43.5 Å². The Morgan fingerprint density at radius 3 is 2.65 bits per heavy atom. The summed E-state index contributed by atoms with van der Waals surface area (Å²) in [7, 11) is 0. The van der Waals surface area contributed by atoms with Crippen LogP contribution in [0.15, 0.2) is 39.4 Å². The summed E-state index contributed by atoms with van der Waals surface area (Å²) in [5, 5.41) is 2.48. The summed E-state index contributed by atoms with van der Waals surface area (Å²) in [6, 6.07) is 5.97. The highest BCUT2D eigenvalue weighted by Crippen LogP contribution is 2.21. The topological polar surface area (TPSA) is 44.9 Å². The van der Waals surface area contributed by atoms with E-state index in [2.05, 4.69) is 42.2 Å². The van der Waals surface area contributed by atoms with Gasteiger partial charge in [-0.05, 0) is 40.2 Å². The molecule has 0 saturated carbocycles. The van der Waals surface area contributed by atoms with Gasteiger partial charge in [0.25, 0.3) is 5.91 Å². The van der Waals surface area contributed by atoms with Crippen LogP contribution >= 0.6 is 31.9 Å². The largest absolute Gasteiger partial charge is 0.356 e. The maximum absolute atomic E-state index is 13.4. The Bertz CT molecular complexity index is 568. The molecule has 0 aliphatic carbocycles. The lowest BCUT2D eigenvalue weighted by atomic mass is 10.3. The Morgan fingerprint density at radius 2 is 2.00 bits per heavy atom. The summed E-state index contributed by atoms with van der Waals surface area (Å²) < 4.78 is 14.9. The van der Waals surface area contributed by atoms with Crippen molar-refractivity contribution in [1.82, 2.24) is 4.98 Å². The molecule has 2 aromatic rings. The third-order valence-electron chi connectivity index (χ3n) is 2.07. The van der Waals surface area contributed by atoms with Gasteiger partial charge in [-0.3, -0.25) is 4.79 Å². The van der Waals surface area contributed by atoms with Gasteiger partial charge in [0.15, 0.2) is 0 Å². The molecule has 1 amide bonds. The summed E-state index contributed by atoms with van der Waals surface area (Å²) in [5.41, 5.74) is 0.492. The maximum atomic E-state index is 13.4. The number of anilines is 1. The van der Waals surface area contributed by atoms with E-state index in [4.69, 9.17) is 0 Å². The molecule has 3 nitrogen and oxygen atoms in total. The fourth-order valence-corrected chi connectivity index (χ4v) is 1.99. The van der Waals surface area contributed by atoms with Crippen molar-refractivity contribution in [3.8, 4) is 0 Å². The number of aromatic nitrogens is 1. The van der Waals surface area contributed by atoms with Crippen LogP contribution in [0.5, 0.6) is 0 Å². The Balaban J connectivity index is 2.21. The van der Waals surface area contributed by atoms with Gasteiger partial charge in [-0.1, -0.05) is 15.9 Å². The molecule has 0 fully saturated rings. The van der Waals surface area contributed by atoms with Crippen LogP contribution in [0.4, 0.5) is 10.1 Å². The van der Waals surface area contributed by atoms with E-state index < -0.39 is 11.7 Å². The summed E-state index contributed by atoms with van der Waals surface area (Å²) in [6.45, 7) is 0. The smallest absolute Gasteiger partial charge is 0.272 e. The van der Waals surface area contributed by atoms with Crippen LogP contribution in [0, 0.1) is 5.82 Å². The predicted octanol–water partition coefficient (Wildman–Crippen LogP) is 3.93. The molecule has 88 valence electrons. The molecular weight excluding hydrogens is 355 g/mol. The summed E-state index contributed by atoms with van der Waals surface area (Å²) >= 11 is 6.43. The predicted molar refractivity (Wildman–Crippen MR) is 70.5 cm³/mol. The second kappa shape index (κ2) is 5.01. The number of benzene rings is 1. The highest BCUT2D eigenvalue weighted by Gasteiger charge is 2.11. The fraction of sp³-hybridized carbons (Fsp3) is 0. The van der Waals surface area contributed by atoms with E-state index >= 15 is 0 Å². The molecule has 0 aliphatic heterocycles. The molecule has 1 heterocycles. The Hall–Kier alpha value is -1.14. The van der Waals surface area contributed by atoms with Crippen LogP contribution in [0.2, 0.25) is 0 Å². The molecule has 0 aliphatic rings. The lowest BCUT2D eigenvalue weighted by molar-refractivity contribution is 0.102. The van der Waals surface area contributed by atoms with Crippen molar-refractivity contribution < 1.29 is 9.18 Å². The van der Waals surface area contributed by atoms with Gasteiger partial charge in [-0.15, -0.1) is 0 Å². The molecule has 0 bridgehead atoms. The Kier molecular flexibility index (Phi) is 3.63. The molecule has 2 rings (SSSR count). The van der Waals surface area contributed by atoms with Crippen molar-refractivity contribution in [1.29, 1.82) is 0 Å². The van der Waals surface area contributed by atoms with Crippen molar-refractivity contribution in [2.45, 2.75) is 0 Å². The van der Waals surface area contributed by atoms with E-state index in [9.17, 15) is 9.18 Å². The van der Waals surface area contributed by atoms with Crippen LogP contribution in [0.1, 0.15) is 10.5 Å². The SMILES string of the molecule is O=C(Nc1cc(Br)ccc1F)c1cc(Br)c[nH]1. The number of carbonyl (C=O) groups excluding carboxylic acids is 1. The number of hydrogen-bond donors (Lipinski definition) is 2. The first-order valence-electron chi connectivity index (χ1n) is 4.66. The average molecular weight is 362 g/mol. The zero-order valence-electron chi connectivity index (χ0n) is 8.43. The van der Waals surface area contributed by atoms with E-state index in [-0.39, 0.29) is 5.69 Å². The number of carbonyl (C=O) groups is 1. The third-order valence-corrected chi connectivity index (χ3v) is 3.02. The van der Waals surface area contributed by atoms with Crippen LogP contribution in [0.3, 0.4) is 0 Å². The average Bonchev–Trinajstić information content (AvgIpc) is 2.70. The van der Waals surface area contributed by atoms with Crippen LogP contribution in [0.25, 0.3) is 0 Å². The van der Waals surface area contributed by atoms with E-state index in [1.165, 1.54) is 12.1 Å². The molecule has 2 N–H and O–H groups in total. The van der Waals surface area contributed by atoms with Gasteiger partial charge in [0.2, 0.25) is 0 Å². The number of amides is 1. The standard InChI is InChI=1S/C11H7Br2FN2O/c12-6-1-2-8(14)9(3-6)16-11(17)10-4-7(13)5-15-10/h1-5,15H,(H,16,17). The minimum Gasteiger partial charge on any atom is -0.356 e. The van der Waals surface area contributed by atoms with Gasteiger partial charge in [-0.25, -0.2) is 4.39 Å². The molecule has 1 aromatic heterocycles. The maximum Gasteiger partial charge on any atom is 0.272 e. The lowest BCUT2D eigenvalue weighted by Crippen LogP contribution is -2.13. The first kappa shape index (κ1) is 12.3. The number of H-pyrrole nitrogens is 1. The minimum atomic E-state index is -0.479. The molecule has 0 unspecified atom stereocenters. The minimum absolute atomic E-state index is 0.134. The zero-order valence-corrected chi connectivity index (χ0v) is 11.6. The van der Waals surface area contributed by atoms with Crippen LogP contribution in [-0.4, -0.2) is 10.9 Å². The Labute approximate surface area is 114 Å². The Morgan fingerprint density at radius 1 is 1.24 bits per heavy atom. The summed E-state index contributed by atoms with van der Waals surface area (Å²) in [5.74, 6) is -0.875. The lowest BCUT2D eigenvalue weighted by Gasteiger charge is -2.05. The first-order chi connectivity index (χ1) is 8.06. The molecular formula is C11H7Br2FN2O. The van der Waals surface area contributed by atoms with E-state index in [1.54, 1.807) is 18.3 Å². The highest BCUT2D eigenvalue weighted by molar-refractivity contribution is 9.10. The zero-order chi connectivity index (χ0) is 12.4. The van der Waals surface area contributed by atoms with Gasteiger partial charge < -0.3 is 10.3 Å². The van der Waals surface area contributed by atoms with Gasteiger partial charge in [0, 0.05) is 15.1 Å². The number of halogens is 3. The number of rotatable bonds is 2. The van der Waals surface area contributed by atoms with E-state index in [1.807, 2.05) is 0 Å². The van der Waals surface area contributed by atoms with Crippen LogP contribution in [-0.2, 0) is 0 Å². The molecule has 17 heavy (non-hydrogen) atoms. The molecule has 1 aromatic carbocycles. The van der Waals surface area contributed by atoms with Gasteiger partial charge in [0.1, 0.15) is 11.5 Å². The van der Waals surface area contributed by atoms with Crippen LogP contribution < -0.4 is 5.32 Å². The number of aromatic amines is 1. The monoisotopic (exact) mass is 360 g/mol. The van der Waals surface area contributed by atoms with Gasteiger partial charge in [0.05, 0.1) is 5.69 Å². The second-order valence-corrected chi connectivity index (χ2v) is 5.14. The first-order valence-corrected chi connectivity index (χ1v) is 6.25.